The number of ether oxygens (including phenoxy) is 2. The molecule has 3 rings (SSSR count). The third-order valence-corrected chi connectivity index (χ3v) is 3.52. The standard InChI is InChI=1S/C17H17N3O4/c21-16(19-9-7-13-5-1-2-8-18-13)17(22)20-10-12-4-3-6-14-15(12)24-11-23-14/h1-6,8H,7,9-11H2,(H,19,21)(H,20,22). The van der Waals surface area contributed by atoms with Gasteiger partial charge in [-0.05, 0) is 18.2 Å². The fourth-order valence-electron chi connectivity index (χ4n) is 2.32. The molecule has 1 aromatic carbocycles. The lowest BCUT2D eigenvalue weighted by atomic mass is 10.2. The molecule has 0 radical (unpaired) electrons. The van der Waals surface area contributed by atoms with E-state index in [1.165, 1.54) is 0 Å². The van der Waals surface area contributed by atoms with Crippen molar-refractivity contribution >= 4 is 11.8 Å². The molecule has 1 aliphatic rings. The topological polar surface area (TPSA) is 89.6 Å². The smallest absolute Gasteiger partial charge is 0.309 e. The van der Waals surface area contributed by atoms with Crippen LogP contribution in [0.15, 0.2) is 42.6 Å². The quantitative estimate of drug-likeness (QED) is 0.793. The molecule has 2 heterocycles. The molecule has 24 heavy (non-hydrogen) atoms. The zero-order valence-electron chi connectivity index (χ0n) is 13.0. The van der Waals surface area contributed by atoms with Gasteiger partial charge in [-0.3, -0.25) is 14.6 Å². The summed E-state index contributed by atoms with van der Waals surface area (Å²) < 4.78 is 10.6. The summed E-state index contributed by atoms with van der Waals surface area (Å²) in [6.07, 6.45) is 2.26. The highest BCUT2D eigenvalue weighted by Crippen LogP contribution is 2.35. The Morgan fingerprint density at radius 1 is 1.04 bits per heavy atom. The van der Waals surface area contributed by atoms with E-state index < -0.39 is 11.8 Å². The van der Waals surface area contributed by atoms with Crippen molar-refractivity contribution in [3.8, 4) is 11.5 Å². The first-order valence-electron chi connectivity index (χ1n) is 7.57. The van der Waals surface area contributed by atoms with E-state index in [1.54, 1.807) is 12.3 Å². The normalized spacial score (nSPS) is 11.8. The van der Waals surface area contributed by atoms with E-state index in [0.29, 0.717) is 24.5 Å². The van der Waals surface area contributed by atoms with Crippen LogP contribution in [0.25, 0.3) is 0 Å². The highest BCUT2D eigenvalue weighted by Gasteiger charge is 2.19. The molecular weight excluding hydrogens is 310 g/mol. The van der Waals surface area contributed by atoms with Crippen LogP contribution in [-0.2, 0) is 22.6 Å². The van der Waals surface area contributed by atoms with Gasteiger partial charge in [0.1, 0.15) is 0 Å². The van der Waals surface area contributed by atoms with Gasteiger partial charge in [0.2, 0.25) is 6.79 Å². The second kappa shape index (κ2) is 7.45. The number of rotatable bonds is 5. The van der Waals surface area contributed by atoms with E-state index in [-0.39, 0.29) is 13.3 Å². The van der Waals surface area contributed by atoms with Crippen LogP contribution in [0.3, 0.4) is 0 Å². The number of carbonyl (C=O) groups excluding carboxylic acids is 2. The summed E-state index contributed by atoms with van der Waals surface area (Å²) in [7, 11) is 0. The lowest BCUT2D eigenvalue weighted by molar-refractivity contribution is -0.139. The summed E-state index contributed by atoms with van der Waals surface area (Å²) in [5.74, 6) is -0.113. The maximum absolute atomic E-state index is 11.8. The molecule has 0 unspecified atom stereocenters. The molecule has 0 atom stereocenters. The van der Waals surface area contributed by atoms with Crippen molar-refractivity contribution in [1.82, 2.24) is 15.6 Å². The number of pyridine rings is 1. The molecule has 0 bridgehead atoms. The monoisotopic (exact) mass is 327 g/mol. The van der Waals surface area contributed by atoms with Gasteiger partial charge in [0.05, 0.1) is 0 Å². The van der Waals surface area contributed by atoms with Crippen molar-refractivity contribution in [2.45, 2.75) is 13.0 Å². The Kier molecular flexibility index (Phi) is 4.90. The SMILES string of the molecule is O=C(NCCc1ccccn1)C(=O)NCc1cccc2c1OCO2. The van der Waals surface area contributed by atoms with Gasteiger partial charge in [-0.15, -0.1) is 0 Å². The molecule has 1 aromatic heterocycles. The second-order valence-electron chi connectivity index (χ2n) is 5.16. The minimum atomic E-state index is -0.687. The summed E-state index contributed by atoms with van der Waals surface area (Å²) in [6.45, 7) is 0.703. The number of hydrogen-bond donors (Lipinski definition) is 2. The van der Waals surface area contributed by atoms with Gasteiger partial charge >= 0.3 is 11.8 Å². The fourth-order valence-corrected chi connectivity index (χ4v) is 2.32. The van der Waals surface area contributed by atoms with E-state index >= 15 is 0 Å². The number of fused-ring (bicyclic) bond motifs is 1. The van der Waals surface area contributed by atoms with Crippen molar-refractivity contribution in [3.05, 3.63) is 53.9 Å². The number of amides is 2. The maximum Gasteiger partial charge on any atom is 0.309 e. The third kappa shape index (κ3) is 3.81. The highest BCUT2D eigenvalue weighted by molar-refractivity contribution is 6.35. The number of aromatic nitrogens is 1. The molecule has 0 fully saturated rings. The molecule has 7 heteroatoms. The summed E-state index contributed by atoms with van der Waals surface area (Å²) in [4.78, 5) is 27.8. The molecule has 2 aromatic rings. The van der Waals surface area contributed by atoms with Crippen LogP contribution in [0.1, 0.15) is 11.3 Å². The lowest BCUT2D eigenvalue weighted by Gasteiger charge is -2.08. The van der Waals surface area contributed by atoms with Crippen LogP contribution in [0.2, 0.25) is 0 Å². The number of carbonyl (C=O) groups is 2. The number of hydrogen-bond acceptors (Lipinski definition) is 5. The average Bonchev–Trinajstić information content (AvgIpc) is 3.09. The first-order valence-corrected chi connectivity index (χ1v) is 7.57. The molecule has 0 saturated carbocycles. The van der Waals surface area contributed by atoms with Gasteiger partial charge in [-0.25, -0.2) is 0 Å². The summed E-state index contributed by atoms with van der Waals surface area (Å²) in [5.41, 5.74) is 1.62. The molecule has 124 valence electrons. The zero-order valence-corrected chi connectivity index (χ0v) is 13.0. The highest BCUT2D eigenvalue weighted by atomic mass is 16.7. The molecule has 2 amide bonds. The van der Waals surface area contributed by atoms with E-state index in [1.807, 2.05) is 30.3 Å². The Morgan fingerprint density at radius 2 is 1.92 bits per heavy atom. The summed E-state index contributed by atoms with van der Waals surface area (Å²) in [6, 6.07) is 11.0. The van der Waals surface area contributed by atoms with Crippen LogP contribution >= 0.6 is 0 Å². The molecule has 1 aliphatic heterocycles. The molecule has 0 saturated heterocycles. The van der Waals surface area contributed by atoms with Crippen molar-refractivity contribution in [2.24, 2.45) is 0 Å². The summed E-state index contributed by atoms with van der Waals surface area (Å²) in [5, 5.41) is 5.15. The van der Waals surface area contributed by atoms with Gasteiger partial charge in [0, 0.05) is 37.0 Å². The lowest BCUT2D eigenvalue weighted by Crippen LogP contribution is -2.40. The van der Waals surface area contributed by atoms with Crippen LogP contribution in [0, 0.1) is 0 Å². The van der Waals surface area contributed by atoms with Crippen molar-refractivity contribution in [1.29, 1.82) is 0 Å². The minimum absolute atomic E-state index is 0.161. The predicted octanol–water partition coefficient (Wildman–Crippen LogP) is 0.785. The molecule has 7 nitrogen and oxygen atoms in total. The Bertz CT molecular complexity index is 734. The predicted molar refractivity (Wildman–Crippen MR) is 85.4 cm³/mol. The molecule has 0 aliphatic carbocycles. The van der Waals surface area contributed by atoms with Crippen LogP contribution in [-0.4, -0.2) is 30.1 Å². The van der Waals surface area contributed by atoms with Crippen molar-refractivity contribution < 1.29 is 19.1 Å². The number of nitrogens with one attached hydrogen (secondary N) is 2. The van der Waals surface area contributed by atoms with Gasteiger partial charge in [-0.2, -0.15) is 0 Å². The Balaban J connectivity index is 1.45. The molecule has 2 N–H and O–H groups in total. The van der Waals surface area contributed by atoms with Gasteiger partial charge in [-0.1, -0.05) is 18.2 Å². The van der Waals surface area contributed by atoms with E-state index in [9.17, 15) is 9.59 Å². The van der Waals surface area contributed by atoms with Crippen LogP contribution in [0.5, 0.6) is 11.5 Å². The van der Waals surface area contributed by atoms with E-state index in [2.05, 4.69) is 15.6 Å². The number of benzene rings is 1. The van der Waals surface area contributed by atoms with Crippen molar-refractivity contribution in [3.63, 3.8) is 0 Å². The third-order valence-electron chi connectivity index (χ3n) is 3.52. The van der Waals surface area contributed by atoms with Crippen LogP contribution < -0.4 is 20.1 Å². The number of para-hydroxylation sites is 1. The van der Waals surface area contributed by atoms with E-state index in [4.69, 9.17) is 9.47 Å². The van der Waals surface area contributed by atoms with E-state index in [0.717, 1.165) is 11.3 Å². The first kappa shape index (κ1) is 15.8. The minimum Gasteiger partial charge on any atom is -0.454 e. The average molecular weight is 327 g/mol. The Hall–Kier alpha value is -3.09. The number of nitrogens with zero attached hydrogens (tertiary/aromatic N) is 1. The van der Waals surface area contributed by atoms with Crippen LogP contribution in [0.4, 0.5) is 0 Å². The maximum atomic E-state index is 11.8. The van der Waals surface area contributed by atoms with Gasteiger partial charge in [0.25, 0.3) is 0 Å². The second-order valence-corrected chi connectivity index (χ2v) is 5.16. The van der Waals surface area contributed by atoms with Gasteiger partial charge < -0.3 is 20.1 Å². The largest absolute Gasteiger partial charge is 0.454 e. The fraction of sp³-hybridized carbons (Fsp3) is 0.235. The molecular formula is C17H17N3O4. The van der Waals surface area contributed by atoms with Crippen molar-refractivity contribution in [2.75, 3.05) is 13.3 Å². The summed E-state index contributed by atoms with van der Waals surface area (Å²) >= 11 is 0. The zero-order chi connectivity index (χ0) is 16.8. The molecule has 0 spiro atoms. The first-order chi connectivity index (χ1) is 11.7. The Morgan fingerprint density at radius 3 is 2.75 bits per heavy atom. The van der Waals surface area contributed by atoms with Gasteiger partial charge in [0.15, 0.2) is 11.5 Å². The Labute approximate surface area is 139 Å².